The van der Waals surface area contributed by atoms with Crippen molar-refractivity contribution in [1.29, 1.82) is 0 Å². The normalized spacial score (nSPS) is 15.6. The molecule has 0 spiro atoms. The van der Waals surface area contributed by atoms with Gasteiger partial charge in [-0.2, -0.15) is 0 Å². The first-order valence-corrected chi connectivity index (χ1v) is 11.1. The number of hydrogen-bond donors (Lipinski definition) is 1. The number of carbonyl (C=O) groups is 2. The molecule has 0 aromatic heterocycles. The van der Waals surface area contributed by atoms with E-state index in [1.165, 1.54) is 0 Å². The molecule has 4 aromatic carbocycles. The second kappa shape index (κ2) is 8.96. The molecule has 1 heterocycles. The first-order chi connectivity index (χ1) is 16.0. The molecule has 1 N–H and O–H groups in total. The van der Waals surface area contributed by atoms with Gasteiger partial charge in [0, 0.05) is 29.4 Å². The second-order valence-electron chi connectivity index (χ2n) is 8.01. The third kappa shape index (κ3) is 4.69. The molecule has 1 saturated heterocycles. The molecular formula is C27H21ClN2O3. The largest absolute Gasteiger partial charge is 0.457 e. The van der Waals surface area contributed by atoms with Crippen LogP contribution in [-0.4, -0.2) is 18.4 Å². The van der Waals surface area contributed by atoms with Gasteiger partial charge in [0.15, 0.2) is 0 Å². The average molecular weight is 457 g/mol. The highest BCUT2D eigenvalue weighted by atomic mass is 35.5. The molecular weight excluding hydrogens is 436 g/mol. The summed E-state index contributed by atoms with van der Waals surface area (Å²) >= 11 is 6.04. The zero-order valence-corrected chi connectivity index (χ0v) is 18.5. The number of benzene rings is 4. The Kier molecular flexibility index (Phi) is 5.71. The van der Waals surface area contributed by atoms with E-state index < -0.39 is 5.92 Å². The van der Waals surface area contributed by atoms with Crippen molar-refractivity contribution >= 4 is 45.6 Å². The number of nitrogens with zero attached hydrogens (tertiary/aromatic N) is 1. The first-order valence-electron chi connectivity index (χ1n) is 10.7. The summed E-state index contributed by atoms with van der Waals surface area (Å²) in [6.45, 7) is 0.328. The number of nitrogens with one attached hydrogen (secondary N) is 1. The molecule has 1 fully saturated rings. The number of rotatable bonds is 5. The Morgan fingerprint density at radius 1 is 0.879 bits per heavy atom. The Bertz CT molecular complexity index is 1340. The van der Waals surface area contributed by atoms with Gasteiger partial charge in [-0.05, 0) is 65.4 Å². The summed E-state index contributed by atoms with van der Waals surface area (Å²) in [5, 5.41) is 5.72. The molecule has 4 aromatic rings. The summed E-state index contributed by atoms with van der Waals surface area (Å²) < 4.78 is 5.96. The quantitative estimate of drug-likeness (QED) is 0.384. The lowest BCUT2D eigenvalue weighted by molar-refractivity contribution is -0.122. The van der Waals surface area contributed by atoms with Crippen LogP contribution in [0.25, 0.3) is 10.8 Å². The predicted octanol–water partition coefficient (Wildman–Crippen LogP) is 6.28. The summed E-state index contributed by atoms with van der Waals surface area (Å²) in [5.74, 6) is 0.722. The van der Waals surface area contributed by atoms with Crippen molar-refractivity contribution in [2.75, 3.05) is 16.8 Å². The molecule has 5 nitrogen and oxygen atoms in total. The number of ether oxygens (including phenoxy) is 1. The van der Waals surface area contributed by atoms with Crippen LogP contribution in [0.15, 0.2) is 91.0 Å². The summed E-state index contributed by atoms with van der Waals surface area (Å²) in [6.07, 6.45) is 0.168. The van der Waals surface area contributed by atoms with E-state index in [2.05, 4.69) is 11.4 Å². The van der Waals surface area contributed by atoms with Gasteiger partial charge in [0.1, 0.15) is 11.5 Å². The van der Waals surface area contributed by atoms with Gasteiger partial charge in [-0.1, -0.05) is 48.0 Å². The standard InChI is InChI=1S/C27H21ClN2O3/c28-21-6-3-7-23(16-21)30-17-20(15-26(30)31)27(32)29-22-9-12-24(13-10-22)33-25-11-8-18-4-1-2-5-19(18)14-25/h1-14,16,20H,15,17H2,(H,29,32)/t20-/m1/s1. The Morgan fingerprint density at radius 3 is 2.42 bits per heavy atom. The zero-order valence-electron chi connectivity index (χ0n) is 17.7. The van der Waals surface area contributed by atoms with E-state index in [0.717, 1.165) is 16.5 Å². The van der Waals surface area contributed by atoms with Crippen molar-refractivity contribution in [2.45, 2.75) is 6.42 Å². The van der Waals surface area contributed by atoms with E-state index >= 15 is 0 Å². The van der Waals surface area contributed by atoms with Gasteiger partial charge < -0.3 is 15.0 Å². The van der Waals surface area contributed by atoms with Crippen LogP contribution < -0.4 is 15.0 Å². The van der Waals surface area contributed by atoms with Gasteiger partial charge in [0.05, 0.1) is 5.92 Å². The van der Waals surface area contributed by atoms with E-state index in [4.69, 9.17) is 16.3 Å². The van der Waals surface area contributed by atoms with Crippen LogP contribution in [-0.2, 0) is 9.59 Å². The van der Waals surface area contributed by atoms with Crippen LogP contribution in [0.3, 0.4) is 0 Å². The Hall–Kier alpha value is -3.83. The fourth-order valence-corrected chi connectivity index (χ4v) is 4.18. The molecule has 1 aliphatic rings. The highest BCUT2D eigenvalue weighted by Gasteiger charge is 2.35. The molecule has 0 aliphatic carbocycles. The minimum Gasteiger partial charge on any atom is -0.457 e. The highest BCUT2D eigenvalue weighted by molar-refractivity contribution is 6.31. The molecule has 1 aliphatic heterocycles. The van der Waals surface area contributed by atoms with Crippen molar-refractivity contribution in [1.82, 2.24) is 0 Å². The maximum Gasteiger partial charge on any atom is 0.229 e. The number of hydrogen-bond acceptors (Lipinski definition) is 3. The molecule has 33 heavy (non-hydrogen) atoms. The summed E-state index contributed by atoms with van der Waals surface area (Å²) in [7, 11) is 0. The van der Waals surface area contributed by atoms with Crippen molar-refractivity contribution in [2.24, 2.45) is 5.92 Å². The fraction of sp³-hybridized carbons (Fsp3) is 0.111. The summed E-state index contributed by atoms with van der Waals surface area (Å²) in [5.41, 5.74) is 1.36. The van der Waals surface area contributed by atoms with Crippen molar-refractivity contribution < 1.29 is 14.3 Å². The number of amides is 2. The molecule has 1 atom stereocenters. The van der Waals surface area contributed by atoms with Gasteiger partial charge in [-0.25, -0.2) is 0 Å². The summed E-state index contributed by atoms with van der Waals surface area (Å²) in [4.78, 5) is 26.8. The first kappa shape index (κ1) is 21.0. The van der Waals surface area contributed by atoms with Crippen molar-refractivity contribution in [3.8, 4) is 11.5 Å². The molecule has 0 radical (unpaired) electrons. The molecule has 0 bridgehead atoms. The Balaban J connectivity index is 1.22. The van der Waals surface area contributed by atoms with Crippen LogP contribution >= 0.6 is 11.6 Å². The molecule has 2 amide bonds. The van der Waals surface area contributed by atoms with Crippen molar-refractivity contribution in [3.05, 3.63) is 96.0 Å². The zero-order chi connectivity index (χ0) is 22.8. The smallest absolute Gasteiger partial charge is 0.229 e. The third-order valence-electron chi connectivity index (χ3n) is 5.69. The topological polar surface area (TPSA) is 58.6 Å². The highest BCUT2D eigenvalue weighted by Crippen LogP contribution is 2.29. The van der Waals surface area contributed by atoms with E-state index in [1.807, 2.05) is 54.6 Å². The molecule has 0 unspecified atom stereocenters. The van der Waals surface area contributed by atoms with Crippen LogP contribution in [0.2, 0.25) is 5.02 Å². The lowest BCUT2D eigenvalue weighted by atomic mass is 10.1. The van der Waals surface area contributed by atoms with Crippen LogP contribution in [0.1, 0.15) is 6.42 Å². The summed E-state index contributed by atoms with van der Waals surface area (Å²) in [6, 6.07) is 28.3. The van der Waals surface area contributed by atoms with Gasteiger partial charge in [0.2, 0.25) is 11.8 Å². The van der Waals surface area contributed by atoms with Gasteiger partial charge >= 0.3 is 0 Å². The number of fused-ring (bicyclic) bond motifs is 1. The van der Waals surface area contributed by atoms with Crippen LogP contribution in [0.4, 0.5) is 11.4 Å². The van der Waals surface area contributed by atoms with Gasteiger partial charge in [-0.3, -0.25) is 9.59 Å². The maximum atomic E-state index is 12.8. The van der Waals surface area contributed by atoms with Crippen molar-refractivity contribution in [3.63, 3.8) is 0 Å². The second-order valence-corrected chi connectivity index (χ2v) is 8.45. The number of carbonyl (C=O) groups excluding carboxylic acids is 2. The molecule has 5 rings (SSSR count). The molecule has 6 heteroatoms. The lowest BCUT2D eigenvalue weighted by Gasteiger charge is -2.17. The minimum absolute atomic E-state index is 0.0865. The van der Waals surface area contributed by atoms with Gasteiger partial charge in [-0.15, -0.1) is 0 Å². The van der Waals surface area contributed by atoms with E-state index in [1.54, 1.807) is 35.2 Å². The SMILES string of the molecule is O=C(Nc1ccc(Oc2ccc3ccccc3c2)cc1)[C@@H]1CC(=O)N(c2cccc(Cl)c2)C1. The van der Waals surface area contributed by atoms with Crippen LogP contribution in [0, 0.1) is 5.92 Å². The predicted molar refractivity (Wildman–Crippen MR) is 131 cm³/mol. The number of halogens is 1. The molecule has 164 valence electrons. The fourth-order valence-electron chi connectivity index (χ4n) is 3.99. The Labute approximate surface area is 196 Å². The average Bonchev–Trinajstić information content (AvgIpc) is 3.22. The third-order valence-corrected chi connectivity index (χ3v) is 5.93. The molecule has 0 saturated carbocycles. The minimum atomic E-state index is -0.426. The monoisotopic (exact) mass is 456 g/mol. The van der Waals surface area contributed by atoms with E-state index in [-0.39, 0.29) is 18.2 Å². The van der Waals surface area contributed by atoms with Crippen LogP contribution in [0.5, 0.6) is 11.5 Å². The lowest BCUT2D eigenvalue weighted by Crippen LogP contribution is -2.28. The van der Waals surface area contributed by atoms with E-state index in [0.29, 0.717) is 28.7 Å². The van der Waals surface area contributed by atoms with E-state index in [9.17, 15) is 9.59 Å². The Morgan fingerprint density at radius 2 is 1.64 bits per heavy atom. The maximum absolute atomic E-state index is 12.8. The van der Waals surface area contributed by atoms with Gasteiger partial charge in [0.25, 0.3) is 0 Å². The number of anilines is 2.